The van der Waals surface area contributed by atoms with Gasteiger partial charge in [-0.15, -0.1) is 21.5 Å². The molecule has 0 saturated carbocycles. The molecule has 2 heterocycles. The zero-order valence-electron chi connectivity index (χ0n) is 13.1. The lowest BCUT2D eigenvalue weighted by atomic mass is 10.0. The van der Waals surface area contributed by atoms with Crippen molar-refractivity contribution in [2.45, 2.75) is 52.4 Å². The van der Waals surface area contributed by atoms with Crippen molar-refractivity contribution >= 4 is 21.4 Å². The molecular weight excluding hydrogens is 306 g/mol. The van der Waals surface area contributed by atoms with Crippen molar-refractivity contribution in [3.8, 4) is 0 Å². The molecule has 2 rings (SSSR count). The largest absolute Gasteiger partial charge is 0.214 e. The van der Waals surface area contributed by atoms with Crippen molar-refractivity contribution in [3.05, 3.63) is 10.0 Å². The molecule has 21 heavy (non-hydrogen) atoms. The average molecular weight is 332 g/mol. The van der Waals surface area contributed by atoms with Crippen LogP contribution in [0.2, 0.25) is 0 Å². The Morgan fingerprint density at radius 3 is 2.81 bits per heavy atom. The number of rotatable bonds is 6. The lowest BCUT2D eigenvalue weighted by Crippen LogP contribution is -2.40. The van der Waals surface area contributed by atoms with Gasteiger partial charge in [0, 0.05) is 25.4 Å². The molecule has 1 aromatic heterocycles. The van der Waals surface area contributed by atoms with Gasteiger partial charge in [-0.25, -0.2) is 12.7 Å². The van der Waals surface area contributed by atoms with Crippen LogP contribution in [0.1, 0.15) is 56.0 Å². The Morgan fingerprint density at radius 2 is 2.14 bits per heavy atom. The van der Waals surface area contributed by atoms with Gasteiger partial charge >= 0.3 is 0 Å². The van der Waals surface area contributed by atoms with Gasteiger partial charge in [0.1, 0.15) is 10.0 Å². The van der Waals surface area contributed by atoms with Crippen molar-refractivity contribution < 1.29 is 8.42 Å². The van der Waals surface area contributed by atoms with Crippen LogP contribution in [0.15, 0.2) is 0 Å². The van der Waals surface area contributed by atoms with Gasteiger partial charge < -0.3 is 0 Å². The summed E-state index contributed by atoms with van der Waals surface area (Å²) < 4.78 is 26.1. The van der Waals surface area contributed by atoms with E-state index in [1.54, 1.807) is 15.6 Å². The van der Waals surface area contributed by atoms with E-state index in [1.165, 1.54) is 0 Å². The predicted octanol–water partition coefficient (Wildman–Crippen LogP) is 2.66. The van der Waals surface area contributed by atoms with Gasteiger partial charge in [0.2, 0.25) is 10.0 Å². The highest BCUT2D eigenvalue weighted by Crippen LogP contribution is 2.31. The molecule has 0 N–H and O–H groups in total. The van der Waals surface area contributed by atoms with Crippen molar-refractivity contribution in [2.24, 2.45) is 5.92 Å². The second kappa shape index (κ2) is 7.15. The van der Waals surface area contributed by atoms with Crippen LogP contribution in [-0.2, 0) is 16.4 Å². The molecule has 1 fully saturated rings. The summed E-state index contributed by atoms with van der Waals surface area (Å²) in [7, 11) is -3.10. The maximum Gasteiger partial charge on any atom is 0.214 e. The van der Waals surface area contributed by atoms with Crippen LogP contribution >= 0.6 is 11.3 Å². The summed E-state index contributed by atoms with van der Waals surface area (Å²) in [5.41, 5.74) is 0. The summed E-state index contributed by atoms with van der Waals surface area (Å²) in [6.07, 6.45) is 3.53. The molecule has 1 aromatic rings. The highest BCUT2D eigenvalue weighted by Gasteiger charge is 2.30. The van der Waals surface area contributed by atoms with E-state index in [9.17, 15) is 8.42 Å². The molecule has 0 aromatic carbocycles. The van der Waals surface area contributed by atoms with Crippen molar-refractivity contribution in [3.63, 3.8) is 0 Å². The Bertz CT molecular complexity index is 554. The minimum absolute atomic E-state index is 0.212. The van der Waals surface area contributed by atoms with Crippen LogP contribution in [0.4, 0.5) is 0 Å². The number of piperidine rings is 1. The van der Waals surface area contributed by atoms with Crippen LogP contribution in [0, 0.1) is 5.92 Å². The van der Waals surface area contributed by atoms with E-state index in [2.05, 4.69) is 24.0 Å². The van der Waals surface area contributed by atoms with Crippen LogP contribution < -0.4 is 0 Å². The average Bonchev–Trinajstić information content (AvgIpc) is 2.86. The molecular formula is C14H25N3O2S2. The molecule has 5 nitrogen and oxygen atoms in total. The summed E-state index contributed by atoms with van der Waals surface area (Å²) in [6.45, 7) is 7.46. The van der Waals surface area contributed by atoms with Gasteiger partial charge in [0.15, 0.2) is 0 Å². The van der Waals surface area contributed by atoms with Crippen LogP contribution in [0.25, 0.3) is 0 Å². The Kier molecular flexibility index (Phi) is 5.73. The molecule has 0 amide bonds. The highest BCUT2D eigenvalue weighted by atomic mass is 32.2. The van der Waals surface area contributed by atoms with Crippen molar-refractivity contribution in [2.75, 3.05) is 18.8 Å². The fourth-order valence-electron chi connectivity index (χ4n) is 2.65. The molecule has 1 unspecified atom stereocenters. The zero-order chi connectivity index (χ0) is 15.5. The van der Waals surface area contributed by atoms with E-state index in [-0.39, 0.29) is 11.7 Å². The summed E-state index contributed by atoms with van der Waals surface area (Å²) in [6, 6.07) is 0. The van der Waals surface area contributed by atoms with Gasteiger partial charge in [-0.1, -0.05) is 20.8 Å². The molecule has 1 aliphatic rings. The topological polar surface area (TPSA) is 63.2 Å². The Labute approximate surface area is 131 Å². The Morgan fingerprint density at radius 1 is 1.38 bits per heavy atom. The van der Waals surface area contributed by atoms with E-state index >= 15 is 0 Å². The minimum Gasteiger partial charge on any atom is -0.212 e. The first kappa shape index (κ1) is 16.8. The number of sulfonamides is 1. The first-order valence-corrected chi connectivity index (χ1v) is 10.1. The smallest absolute Gasteiger partial charge is 0.212 e. The first-order valence-electron chi connectivity index (χ1n) is 7.72. The van der Waals surface area contributed by atoms with E-state index < -0.39 is 10.0 Å². The minimum atomic E-state index is -3.10. The molecule has 120 valence electrons. The van der Waals surface area contributed by atoms with E-state index in [0.717, 1.165) is 29.3 Å². The molecule has 1 atom stereocenters. The zero-order valence-corrected chi connectivity index (χ0v) is 14.7. The lowest BCUT2D eigenvalue weighted by molar-refractivity contribution is 0.314. The highest BCUT2D eigenvalue weighted by molar-refractivity contribution is 7.89. The molecule has 0 radical (unpaired) electrons. The number of nitrogens with zero attached hydrogens (tertiary/aromatic N) is 3. The van der Waals surface area contributed by atoms with Gasteiger partial charge in [-0.05, 0) is 25.2 Å². The maximum atomic E-state index is 12.2. The summed E-state index contributed by atoms with van der Waals surface area (Å²) in [5.74, 6) is 1.02. The normalized spacial score (nSPS) is 21.0. The second-order valence-electron chi connectivity index (χ2n) is 6.15. The fourth-order valence-corrected chi connectivity index (χ4v) is 5.42. The second-order valence-corrected chi connectivity index (χ2v) is 9.33. The van der Waals surface area contributed by atoms with E-state index in [1.807, 2.05) is 6.92 Å². The molecule has 1 saturated heterocycles. The van der Waals surface area contributed by atoms with Gasteiger partial charge in [-0.3, -0.25) is 0 Å². The monoisotopic (exact) mass is 331 g/mol. The van der Waals surface area contributed by atoms with Crippen LogP contribution in [0.3, 0.4) is 0 Å². The summed E-state index contributed by atoms with van der Waals surface area (Å²) in [4.78, 5) is 0. The third kappa shape index (κ3) is 4.47. The number of hydrogen-bond donors (Lipinski definition) is 0. The third-order valence-electron chi connectivity index (χ3n) is 3.65. The Hall–Kier alpha value is -0.530. The third-order valence-corrected chi connectivity index (χ3v) is 6.80. The van der Waals surface area contributed by atoms with Gasteiger partial charge in [0.05, 0.1) is 5.75 Å². The van der Waals surface area contributed by atoms with Crippen LogP contribution in [-0.4, -0.2) is 41.8 Å². The lowest BCUT2D eigenvalue weighted by Gasteiger charge is -2.30. The molecule has 7 heteroatoms. The Balaban J connectivity index is 2.05. The number of hydrogen-bond acceptors (Lipinski definition) is 5. The molecule has 0 aliphatic carbocycles. The first-order chi connectivity index (χ1) is 9.92. The van der Waals surface area contributed by atoms with Crippen molar-refractivity contribution in [1.82, 2.24) is 14.5 Å². The quantitative estimate of drug-likeness (QED) is 0.804. The summed E-state index contributed by atoms with van der Waals surface area (Å²) in [5, 5.41) is 10.6. The maximum absolute atomic E-state index is 12.2. The molecule has 0 bridgehead atoms. The number of aromatic nitrogens is 2. The fraction of sp³-hybridized carbons (Fsp3) is 0.857. The van der Waals surface area contributed by atoms with E-state index in [0.29, 0.717) is 25.4 Å². The molecule has 1 aliphatic heterocycles. The standard InChI is InChI=1S/C14H25N3O2S2/c1-4-8-21(18,19)17-7-5-6-12(10-17)14-16-15-13(20-14)9-11(2)3/h11-12H,4-10H2,1-3H3. The van der Waals surface area contributed by atoms with Gasteiger partial charge in [0.25, 0.3) is 0 Å². The predicted molar refractivity (Wildman–Crippen MR) is 86.1 cm³/mol. The summed E-state index contributed by atoms with van der Waals surface area (Å²) >= 11 is 1.65. The van der Waals surface area contributed by atoms with Crippen LogP contribution in [0.5, 0.6) is 0 Å². The molecule has 0 spiro atoms. The van der Waals surface area contributed by atoms with E-state index in [4.69, 9.17) is 0 Å². The van der Waals surface area contributed by atoms with Gasteiger partial charge in [-0.2, -0.15) is 0 Å². The SMILES string of the molecule is CCCS(=O)(=O)N1CCCC(c2nnc(CC(C)C)s2)C1. The van der Waals surface area contributed by atoms with Crippen molar-refractivity contribution in [1.29, 1.82) is 0 Å².